The van der Waals surface area contributed by atoms with Gasteiger partial charge in [0.1, 0.15) is 0 Å². The monoisotopic (exact) mass is 1040 g/mol. The molecule has 6 aromatic carbocycles. The van der Waals surface area contributed by atoms with Gasteiger partial charge in [0, 0.05) is 92.7 Å². The van der Waals surface area contributed by atoms with Crippen LogP contribution in [0, 0.1) is 30.3 Å². The van der Waals surface area contributed by atoms with Crippen molar-refractivity contribution in [3.8, 4) is 0 Å². The van der Waals surface area contributed by atoms with Crippen molar-refractivity contribution in [2.75, 3.05) is 87.1 Å². The van der Waals surface area contributed by atoms with Crippen molar-refractivity contribution < 1.29 is 43.5 Å². The van der Waals surface area contributed by atoms with E-state index >= 15 is 0 Å². The van der Waals surface area contributed by atoms with Crippen LogP contribution in [-0.4, -0.2) is 95.1 Å². The van der Waals surface area contributed by atoms with Crippen LogP contribution in [0.3, 0.4) is 0 Å². The number of carbonyl (C=O) groups is 6. The molecule has 0 fully saturated rings. The van der Waals surface area contributed by atoms with E-state index in [0.717, 1.165) is 0 Å². The van der Waals surface area contributed by atoms with Crippen LogP contribution in [0.4, 0.5) is 97.0 Å². The van der Waals surface area contributed by atoms with Crippen molar-refractivity contribution >= 4 is 104 Å². The third kappa shape index (κ3) is 17.4. The smallest absolute Gasteiger partial charge is 0.323 e. The number of para-hydroxylation sites is 6. The summed E-state index contributed by atoms with van der Waals surface area (Å²) in [7, 11) is 0. The van der Waals surface area contributed by atoms with Gasteiger partial charge in [0.25, 0.3) is 17.1 Å². The fourth-order valence-corrected chi connectivity index (χ4v) is 6.77. The zero-order valence-electron chi connectivity index (χ0n) is 39.8. The maximum atomic E-state index is 13.1. The molecule has 0 saturated heterocycles. The Morgan fingerprint density at radius 2 is 0.526 bits per heavy atom. The highest BCUT2D eigenvalue weighted by Gasteiger charge is 2.16. The van der Waals surface area contributed by atoms with Gasteiger partial charge in [-0.15, -0.1) is 0 Å². The first-order chi connectivity index (χ1) is 36.6. The lowest BCUT2D eigenvalue weighted by Gasteiger charge is -2.23. The molecular formula is C48H48N16O12. The molecule has 0 saturated carbocycles. The quantitative estimate of drug-likeness (QED) is 0.0238. The fourth-order valence-electron chi connectivity index (χ4n) is 6.77. The molecule has 0 radical (unpaired) electrons. The number of hydrogen-bond acceptors (Lipinski definition) is 13. The highest BCUT2D eigenvalue weighted by Crippen LogP contribution is 2.25. The van der Waals surface area contributed by atoms with E-state index in [9.17, 15) is 59.1 Å². The zero-order chi connectivity index (χ0) is 54.4. The van der Waals surface area contributed by atoms with Crippen LogP contribution in [0.1, 0.15) is 0 Å². The number of nitro groups is 3. The lowest BCUT2D eigenvalue weighted by Crippen LogP contribution is -2.44. The number of rotatable bonds is 21. The van der Waals surface area contributed by atoms with Crippen molar-refractivity contribution in [3.63, 3.8) is 0 Å². The van der Waals surface area contributed by atoms with E-state index in [0.29, 0.717) is 0 Å². The molecule has 0 aliphatic carbocycles. The summed E-state index contributed by atoms with van der Waals surface area (Å²) in [6, 6.07) is 30.7. The molecule has 12 N–H and O–H groups in total. The van der Waals surface area contributed by atoms with E-state index in [1.54, 1.807) is 72.8 Å². The molecule has 6 aromatic rings. The topological polar surface area (TPSA) is 379 Å². The Balaban J connectivity index is 1.03. The van der Waals surface area contributed by atoms with Crippen LogP contribution in [0.5, 0.6) is 0 Å². The standard InChI is InChI=1S/C48H48N16O12/c65-43(55-37-7-1-4-10-40(37)58-46(68)52-31-13-19-34(20-14-31)62(71)72)49-25-28-61(29-26-50-44(66)56-38-8-2-5-11-41(38)59-47(69)53-32-15-21-35(22-16-32)63(73)74)30-27-51-45(67)57-39-9-3-6-12-42(39)60-48(70)54-33-17-23-36(24-18-33)64(75)76/h1-24H,25-30H2,(H2,49,55,65)(H2,50,56,66)(H2,51,57,67)(H2,52,58,68)(H2,53,59,69)(H2,54,60,70). The van der Waals surface area contributed by atoms with Crippen molar-refractivity contribution in [1.29, 1.82) is 0 Å². The minimum Gasteiger partial charge on any atom is -0.337 e. The Morgan fingerprint density at radius 3 is 0.737 bits per heavy atom. The summed E-state index contributed by atoms with van der Waals surface area (Å²) in [6.45, 7) is 0.772. The van der Waals surface area contributed by atoms with Crippen LogP contribution in [0.25, 0.3) is 0 Å². The van der Waals surface area contributed by atoms with Gasteiger partial charge in [-0.1, -0.05) is 36.4 Å². The van der Waals surface area contributed by atoms with E-state index in [4.69, 9.17) is 0 Å². The highest BCUT2D eigenvalue weighted by atomic mass is 16.6. The van der Waals surface area contributed by atoms with E-state index in [2.05, 4.69) is 63.8 Å². The van der Waals surface area contributed by atoms with Gasteiger partial charge >= 0.3 is 36.2 Å². The number of nitro benzene ring substituents is 3. The molecule has 28 heteroatoms. The average molecular weight is 1040 g/mol. The van der Waals surface area contributed by atoms with Crippen LogP contribution in [-0.2, 0) is 0 Å². The Kier molecular flexibility index (Phi) is 19.4. The number of benzene rings is 6. The number of nitrogens with one attached hydrogen (secondary N) is 12. The van der Waals surface area contributed by atoms with Crippen molar-refractivity contribution in [2.45, 2.75) is 0 Å². The second kappa shape index (κ2) is 27.1. The van der Waals surface area contributed by atoms with E-state index in [-0.39, 0.29) is 108 Å². The molecule has 0 atom stereocenters. The van der Waals surface area contributed by atoms with E-state index in [1.165, 1.54) is 72.8 Å². The summed E-state index contributed by atoms with van der Waals surface area (Å²) in [6.07, 6.45) is 0. The molecule has 0 spiro atoms. The minimum absolute atomic E-state index is 0.0580. The molecule has 0 aliphatic heterocycles. The molecule has 392 valence electrons. The number of non-ortho nitro benzene ring substituents is 3. The number of carbonyl (C=O) groups excluding carboxylic acids is 6. The molecule has 0 heterocycles. The first-order valence-corrected chi connectivity index (χ1v) is 22.7. The normalized spacial score (nSPS) is 10.4. The van der Waals surface area contributed by atoms with Crippen molar-refractivity contribution in [3.05, 3.63) is 176 Å². The molecule has 0 aliphatic rings. The summed E-state index contributed by atoms with van der Waals surface area (Å²) in [5.74, 6) is 0. The number of urea groups is 6. The lowest BCUT2D eigenvalue weighted by atomic mass is 10.2. The molecule has 6 rings (SSSR count). The first kappa shape index (κ1) is 54.4. The molecule has 0 bridgehead atoms. The van der Waals surface area contributed by atoms with Gasteiger partial charge in [-0.2, -0.15) is 0 Å². The SMILES string of the molecule is O=C(NCCN(CCNC(=O)Nc1ccccc1NC(=O)Nc1ccc([N+](=O)[O-])cc1)CCNC(=O)Nc1ccccc1NC(=O)Nc1ccc([N+](=O)[O-])cc1)Nc1ccccc1NC(=O)Nc1ccc([N+](=O)[O-])cc1. The van der Waals surface area contributed by atoms with Crippen LogP contribution in [0.15, 0.2) is 146 Å². The van der Waals surface area contributed by atoms with Crippen molar-refractivity contribution in [1.82, 2.24) is 20.9 Å². The van der Waals surface area contributed by atoms with Gasteiger partial charge in [-0.25, -0.2) is 28.8 Å². The molecule has 0 aromatic heterocycles. The third-order valence-electron chi connectivity index (χ3n) is 10.4. The lowest BCUT2D eigenvalue weighted by molar-refractivity contribution is -0.385. The Morgan fingerprint density at radius 1 is 0.316 bits per heavy atom. The number of hydrogen-bond donors (Lipinski definition) is 12. The predicted octanol–water partition coefficient (Wildman–Crippen LogP) is 8.41. The second-order valence-electron chi connectivity index (χ2n) is 15.8. The van der Waals surface area contributed by atoms with Crippen molar-refractivity contribution in [2.24, 2.45) is 0 Å². The predicted molar refractivity (Wildman–Crippen MR) is 284 cm³/mol. The molecule has 12 amide bonds. The highest BCUT2D eigenvalue weighted by molar-refractivity contribution is 6.06. The van der Waals surface area contributed by atoms with Gasteiger partial charge in [-0.3, -0.25) is 35.2 Å². The van der Waals surface area contributed by atoms with Crippen LogP contribution < -0.4 is 63.8 Å². The maximum Gasteiger partial charge on any atom is 0.323 e. The number of amides is 12. The summed E-state index contributed by atoms with van der Waals surface area (Å²) in [5.41, 5.74) is 1.83. The Bertz CT molecular complexity index is 2750. The number of anilines is 9. The van der Waals surface area contributed by atoms with Crippen LogP contribution in [0.2, 0.25) is 0 Å². The van der Waals surface area contributed by atoms with Gasteiger partial charge in [-0.05, 0) is 72.8 Å². The zero-order valence-corrected chi connectivity index (χ0v) is 39.8. The Hall–Kier alpha value is -10.9. The van der Waals surface area contributed by atoms with Gasteiger partial charge in [0.2, 0.25) is 0 Å². The number of nitrogens with zero attached hydrogens (tertiary/aromatic N) is 4. The minimum atomic E-state index is -0.682. The molecular weight excluding hydrogens is 993 g/mol. The van der Waals surface area contributed by atoms with E-state index in [1.807, 2.05) is 4.90 Å². The van der Waals surface area contributed by atoms with Gasteiger partial charge in [0.15, 0.2) is 0 Å². The molecule has 76 heavy (non-hydrogen) atoms. The summed E-state index contributed by atoms with van der Waals surface area (Å²) < 4.78 is 0. The average Bonchev–Trinajstić information content (AvgIpc) is 3.38. The van der Waals surface area contributed by atoms with Gasteiger partial charge in [0.05, 0.1) is 48.9 Å². The summed E-state index contributed by atoms with van der Waals surface area (Å²) in [5, 5.41) is 64.8. The second-order valence-corrected chi connectivity index (χ2v) is 15.8. The molecule has 0 unspecified atom stereocenters. The largest absolute Gasteiger partial charge is 0.337 e. The third-order valence-corrected chi connectivity index (χ3v) is 10.4. The van der Waals surface area contributed by atoms with Gasteiger partial charge < -0.3 is 63.8 Å². The summed E-state index contributed by atoms with van der Waals surface area (Å²) in [4.78, 5) is 111. The first-order valence-electron chi connectivity index (χ1n) is 22.7. The van der Waals surface area contributed by atoms with E-state index < -0.39 is 51.0 Å². The van der Waals surface area contributed by atoms with Crippen LogP contribution >= 0.6 is 0 Å². The summed E-state index contributed by atoms with van der Waals surface area (Å²) >= 11 is 0. The fraction of sp³-hybridized carbons (Fsp3) is 0.125. The molecule has 28 nitrogen and oxygen atoms in total. The maximum absolute atomic E-state index is 13.1. The Labute approximate surface area is 430 Å².